The molecule has 0 fully saturated rings. The molecular weight excluding hydrogens is 619 g/mol. The molecule has 1 aliphatic rings. The number of hydrogen-bond donors (Lipinski definition) is 2. The Morgan fingerprint density at radius 3 is 2.73 bits per heavy atom. The average molecular weight is 644 g/mol. The molecule has 2 heterocycles. The molecule has 1 unspecified atom stereocenters. The lowest BCUT2D eigenvalue weighted by atomic mass is 9.94. The quantitative estimate of drug-likeness (QED) is 0.224. The zero-order valence-corrected chi connectivity index (χ0v) is 24.6. The molecule has 212 valence electrons. The maximum Gasteiger partial charge on any atom is 0.255 e. The molecule has 41 heavy (non-hydrogen) atoms. The first-order chi connectivity index (χ1) is 19.8. The molecule has 3 aromatic carbocycles. The molecule has 1 aromatic heterocycles. The minimum absolute atomic E-state index is 0.129. The Kier molecular flexibility index (Phi) is 8.41. The highest BCUT2D eigenvalue weighted by atomic mass is 79.9. The first-order valence-corrected chi connectivity index (χ1v) is 13.7. The minimum atomic E-state index is -0.735. The Morgan fingerprint density at radius 1 is 1.17 bits per heavy atom. The molecule has 1 aliphatic heterocycles. The number of fused-ring (bicyclic) bond motifs is 1. The van der Waals surface area contributed by atoms with Crippen molar-refractivity contribution in [2.24, 2.45) is 0 Å². The molecule has 0 aliphatic carbocycles. The third-order valence-corrected chi connectivity index (χ3v) is 7.33. The fourth-order valence-electron chi connectivity index (χ4n) is 4.51. The average Bonchev–Trinajstić information content (AvgIpc) is 3.41. The number of benzene rings is 3. The second-order valence-electron chi connectivity index (χ2n) is 8.92. The standard InChI is InChI=1S/C28H25BrClFN6O4/c1-4-40-22-11-6-5-10-21(22)33-27(38)24-15(2)32-28-34-35-36-37(28)25(24)16-12-18(29)26(23(13-16)39-3)41-14-17-19(30)8-7-9-20(17)31/h5-13,25H,4,14H2,1-3H3,(H,33,38)(H,32,34,36). The largest absolute Gasteiger partial charge is 0.493 e. The Labute approximate surface area is 248 Å². The van der Waals surface area contributed by atoms with Crippen molar-refractivity contribution >= 4 is 45.1 Å². The van der Waals surface area contributed by atoms with E-state index in [9.17, 15) is 9.18 Å². The van der Waals surface area contributed by atoms with Gasteiger partial charge < -0.3 is 24.8 Å². The van der Waals surface area contributed by atoms with Gasteiger partial charge >= 0.3 is 0 Å². The number of anilines is 2. The third-order valence-electron chi connectivity index (χ3n) is 6.38. The number of nitrogens with one attached hydrogen (secondary N) is 2. The molecule has 13 heteroatoms. The highest BCUT2D eigenvalue weighted by molar-refractivity contribution is 9.10. The van der Waals surface area contributed by atoms with E-state index >= 15 is 0 Å². The predicted molar refractivity (Wildman–Crippen MR) is 155 cm³/mol. The van der Waals surface area contributed by atoms with Crippen molar-refractivity contribution in [1.29, 1.82) is 0 Å². The van der Waals surface area contributed by atoms with Crippen LogP contribution in [0.25, 0.3) is 0 Å². The van der Waals surface area contributed by atoms with Crippen LogP contribution in [0.4, 0.5) is 16.0 Å². The number of methoxy groups -OCH3 is 1. The summed E-state index contributed by atoms with van der Waals surface area (Å²) in [6.45, 7) is 3.96. The van der Waals surface area contributed by atoms with E-state index in [2.05, 4.69) is 42.1 Å². The lowest BCUT2D eigenvalue weighted by Gasteiger charge is -2.29. The van der Waals surface area contributed by atoms with Gasteiger partial charge in [0.1, 0.15) is 24.2 Å². The number of tetrazole rings is 1. The fraction of sp³-hybridized carbons (Fsp3) is 0.214. The van der Waals surface area contributed by atoms with Gasteiger partial charge in [0.15, 0.2) is 11.5 Å². The monoisotopic (exact) mass is 642 g/mol. The summed E-state index contributed by atoms with van der Waals surface area (Å²) in [5.74, 6) is 0.729. The third kappa shape index (κ3) is 5.70. The van der Waals surface area contributed by atoms with Gasteiger partial charge in [-0.2, -0.15) is 4.68 Å². The summed E-state index contributed by atoms with van der Waals surface area (Å²) in [6.07, 6.45) is 0. The molecule has 0 spiro atoms. The molecule has 1 atom stereocenters. The van der Waals surface area contributed by atoms with Crippen LogP contribution >= 0.6 is 27.5 Å². The topological polar surface area (TPSA) is 112 Å². The maximum absolute atomic E-state index is 14.3. The van der Waals surface area contributed by atoms with Crippen molar-refractivity contribution in [3.05, 3.63) is 92.3 Å². The molecule has 0 radical (unpaired) electrons. The van der Waals surface area contributed by atoms with E-state index in [0.29, 0.717) is 56.8 Å². The van der Waals surface area contributed by atoms with Crippen LogP contribution in [0.3, 0.4) is 0 Å². The van der Waals surface area contributed by atoms with Gasteiger partial charge in [0.25, 0.3) is 5.91 Å². The predicted octanol–water partition coefficient (Wildman–Crippen LogP) is 6.14. The first-order valence-electron chi connectivity index (χ1n) is 12.5. The molecular formula is C28H25BrClFN6O4. The Bertz CT molecular complexity index is 1630. The van der Waals surface area contributed by atoms with Gasteiger partial charge in [-0.3, -0.25) is 4.79 Å². The van der Waals surface area contributed by atoms with Crippen LogP contribution in [-0.4, -0.2) is 39.8 Å². The SMILES string of the molecule is CCOc1ccccc1NC(=O)C1=C(C)Nc2nnnn2C1c1cc(Br)c(OCc2c(F)cccc2Cl)c(OC)c1. The smallest absolute Gasteiger partial charge is 0.255 e. The number of carbonyl (C=O) groups excluding carboxylic acids is 1. The van der Waals surface area contributed by atoms with Crippen molar-refractivity contribution in [2.75, 3.05) is 24.4 Å². The van der Waals surface area contributed by atoms with Crippen molar-refractivity contribution in [3.63, 3.8) is 0 Å². The summed E-state index contributed by atoms with van der Waals surface area (Å²) < 4.78 is 33.6. The number of ether oxygens (including phenoxy) is 3. The second kappa shape index (κ2) is 12.1. The second-order valence-corrected chi connectivity index (χ2v) is 10.2. The molecule has 4 aromatic rings. The van der Waals surface area contributed by atoms with Crippen LogP contribution in [0.15, 0.2) is 70.3 Å². The van der Waals surface area contributed by atoms with E-state index < -0.39 is 11.9 Å². The molecule has 1 amide bonds. The normalized spacial score (nSPS) is 14.2. The van der Waals surface area contributed by atoms with E-state index in [1.807, 2.05) is 19.1 Å². The Morgan fingerprint density at radius 2 is 1.98 bits per heavy atom. The number of amides is 1. The van der Waals surface area contributed by atoms with E-state index in [4.69, 9.17) is 25.8 Å². The molecule has 5 rings (SSSR count). The van der Waals surface area contributed by atoms with E-state index in [0.717, 1.165) is 0 Å². The van der Waals surface area contributed by atoms with Crippen LogP contribution < -0.4 is 24.8 Å². The molecule has 0 bridgehead atoms. The molecule has 0 saturated heterocycles. The van der Waals surface area contributed by atoms with Gasteiger partial charge in [0.05, 0.1) is 34.5 Å². The summed E-state index contributed by atoms with van der Waals surface area (Å²) >= 11 is 9.73. The number of carbonyl (C=O) groups is 1. The summed E-state index contributed by atoms with van der Waals surface area (Å²) in [5, 5.41) is 18.3. The summed E-state index contributed by atoms with van der Waals surface area (Å²) in [7, 11) is 1.48. The minimum Gasteiger partial charge on any atom is -0.493 e. The summed E-state index contributed by atoms with van der Waals surface area (Å²) in [6, 6.07) is 14.4. The Balaban J connectivity index is 1.52. The number of para-hydroxylation sites is 2. The fourth-order valence-corrected chi connectivity index (χ4v) is 5.30. The first kappa shape index (κ1) is 28.4. The van der Waals surface area contributed by atoms with Gasteiger partial charge in [-0.15, -0.1) is 0 Å². The van der Waals surface area contributed by atoms with Crippen LogP contribution in [0.2, 0.25) is 5.02 Å². The van der Waals surface area contributed by atoms with E-state index in [1.165, 1.54) is 23.9 Å². The van der Waals surface area contributed by atoms with Gasteiger partial charge in [-0.25, -0.2) is 4.39 Å². The van der Waals surface area contributed by atoms with Gasteiger partial charge in [-0.05, 0) is 82.2 Å². The molecule has 2 N–H and O–H groups in total. The van der Waals surface area contributed by atoms with Crippen molar-refractivity contribution in [3.8, 4) is 17.2 Å². The van der Waals surface area contributed by atoms with Gasteiger partial charge in [0.2, 0.25) is 5.95 Å². The number of aromatic nitrogens is 4. The number of halogens is 3. The van der Waals surface area contributed by atoms with Gasteiger partial charge in [0, 0.05) is 11.3 Å². The van der Waals surface area contributed by atoms with Crippen LogP contribution in [0.1, 0.15) is 31.0 Å². The zero-order valence-electron chi connectivity index (χ0n) is 22.2. The van der Waals surface area contributed by atoms with Crippen molar-refractivity contribution in [2.45, 2.75) is 26.5 Å². The van der Waals surface area contributed by atoms with Crippen LogP contribution in [0, 0.1) is 5.82 Å². The lowest BCUT2D eigenvalue weighted by Crippen LogP contribution is -2.31. The highest BCUT2D eigenvalue weighted by Gasteiger charge is 2.35. The van der Waals surface area contributed by atoms with Crippen molar-refractivity contribution in [1.82, 2.24) is 20.2 Å². The number of nitrogens with zero attached hydrogens (tertiary/aromatic N) is 4. The Hall–Kier alpha value is -4.16. The number of rotatable bonds is 9. The highest BCUT2D eigenvalue weighted by Crippen LogP contribution is 2.43. The maximum atomic E-state index is 14.3. The van der Waals surface area contributed by atoms with Gasteiger partial charge in [-0.1, -0.05) is 34.9 Å². The molecule has 0 saturated carbocycles. The molecule has 10 nitrogen and oxygen atoms in total. The summed E-state index contributed by atoms with van der Waals surface area (Å²) in [5.41, 5.74) is 2.30. The van der Waals surface area contributed by atoms with Crippen LogP contribution in [0.5, 0.6) is 17.2 Å². The lowest BCUT2D eigenvalue weighted by molar-refractivity contribution is -0.113. The summed E-state index contributed by atoms with van der Waals surface area (Å²) in [4.78, 5) is 13.8. The van der Waals surface area contributed by atoms with Crippen LogP contribution in [-0.2, 0) is 11.4 Å². The number of hydrogen-bond acceptors (Lipinski definition) is 8. The zero-order chi connectivity index (χ0) is 29.1. The van der Waals surface area contributed by atoms with E-state index in [-0.39, 0.29) is 23.1 Å². The van der Waals surface area contributed by atoms with Crippen molar-refractivity contribution < 1.29 is 23.4 Å². The number of allylic oxidation sites excluding steroid dienone is 1. The van der Waals surface area contributed by atoms with E-state index in [1.54, 1.807) is 37.3 Å².